The number of aromatic nitrogens is 2. The number of nitrogens with one attached hydrogen (secondary N) is 2. The summed E-state index contributed by atoms with van der Waals surface area (Å²) in [6.45, 7) is 0.241. The Morgan fingerprint density at radius 3 is 2.85 bits per heavy atom. The highest BCUT2D eigenvalue weighted by atomic mass is 16.4. The molecule has 0 aromatic carbocycles. The number of hydrogen-bond acceptors (Lipinski definition) is 5. The third-order valence-electron chi connectivity index (χ3n) is 3.39. The smallest absolute Gasteiger partial charge is 0.405 e. The van der Waals surface area contributed by atoms with Crippen molar-refractivity contribution in [1.29, 1.82) is 0 Å². The first-order valence-electron chi connectivity index (χ1n) is 7.64. The van der Waals surface area contributed by atoms with E-state index >= 15 is 0 Å². The second-order valence-electron chi connectivity index (χ2n) is 5.18. The molecule has 130 valence electrons. The van der Waals surface area contributed by atoms with E-state index in [9.17, 15) is 9.59 Å². The molecule has 0 radical (unpaired) electrons. The van der Waals surface area contributed by atoms with Crippen LogP contribution in [0.1, 0.15) is 21.8 Å². The van der Waals surface area contributed by atoms with Gasteiger partial charge in [-0.05, 0) is 24.3 Å². The van der Waals surface area contributed by atoms with Gasteiger partial charge in [-0.15, -0.1) is 0 Å². The fourth-order valence-corrected chi connectivity index (χ4v) is 2.19. The number of hydrogen-bond donors (Lipinski definition) is 3. The molecular formula is C18H14N4O4. The number of carbonyl (C=O) groups is 2. The van der Waals surface area contributed by atoms with Crippen molar-refractivity contribution in [2.45, 2.75) is 6.54 Å². The lowest BCUT2D eigenvalue weighted by Crippen LogP contribution is -2.23. The molecule has 8 heteroatoms. The van der Waals surface area contributed by atoms with Crippen molar-refractivity contribution in [2.75, 3.05) is 6.54 Å². The van der Waals surface area contributed by atoms with E-state index < -0.39 is 6.09 Å². The maximum Gasteiger partial charge on any atom is 0.405 e. The van der Waals surface area contributed by atoms with Crippen LogP contribution < -0.4 is 10.6 Å². The van der Waals surface area contributed by atoms with Gasteiger partial charge in [-0.2, -0.15) is 0 Å². The standard InChI is InChI=1S/C18H14N4O4/c23-17(21-11-14-4-2-8-26-14)15-6-5-13-10-19-9-12(16(13)22-15)3-1-7-20-18(24)25/h2,4-6,8-10,20H,7,11H2,(H,21,23)(H,24,25). The molecule has 0 saturated carbocycles. The summed E-state index contributed by atoms with van der Waals surface area (Å²) in [5, 5.41) is 14.2. The maximum absolute atomic E-state index is 12.3. The predicted molar refractivity (Wildman–Crippen MR) is 92.3 cm³/mol. The average Bonchev–Trinajstić information content (AvgIpc) is 3.16. The molecule has 0 atom stereocenters. The van der Waals surface area contributed by atoms with Crippen LogP contribution >= 0.6 is 0 Å². The number of fused-ring (bicyclic) bond motifs is 1. The average molecular weight is 350 g/mol. The van der Waals surface area contributed by atoms with Gasteiger partial charge in [-0.3, -0.25) is 9.78 Å². The summed E-state index contributed by atoms with van der Waals surface area (Å²) in [6.07, 6.45) is 3.53. The molecule has 0 aliphatic rings. The Kier molecular flexibility index (Phi) is 5.10. The molecule has 0 fully saturated rings. The SMILES string of the molecule is O=C(O)NCC#Cc1cncc2ccc(C(=O)NCc3ccco3)nc12. The highest BCUT2D eigenvalue weighted by molar-refractivity contribution is 5.95. The zero-order valence-electron chi connectivity index (χ0n) is 13.5. The first kappa shape index (κ1) is 17.0. The van der Waals surface area contributed by atoms with Crippen LogP contribution in [0.5, 0.6) is 0 Å². The Labute approximate surface area is 148 Å². The van der Waals surface area contributed by atoms with E-state index in [1.807, 2.05) is 0 Å². The maximum atomic E-state index is 12.3. The van der Waals surface area contributed by atoms with Gasteiger partial charge in [0, 0.05) is 17.8 Å². The first-order chi connectivity index (χ1) is 12.6. The summed E-state index contributed by atoms with van der Waals surface area (Å²) in [4.78, 5) is 31.2. The fraction of sp³-hybridized carbons (Fsp3) is 0.111. The van der Waals surface area contributed by atoms with E-state index in [0.29, 0.717) is 16.8 Å². The Bertz CT molecular complexity index is 1000. The van der Waals surface area contributed by atoms with E-state index in [4.69, 9.17) is 9.52 Å². The topological polar surface area (TPSA) is 117 Å². The molecule has 3 heterocycles. The zero-order valence-corrected chi connectivity index (χ0v) is 13.5. The lowest BCUT2D eigenvalue weighted by molar-refractivity contribution is 0.0943. The number of amides is 2. The number of nitrogens with zero attached hydrogens (tertiary/aromatic N) is 2. The van der Waals surface area contributed by atoms with Crippen molar-refractivity contribution < 1.29 is 19.1 Å². The Morgan fingerprint density at radius 1 is 1.19 bits per heavy atom. The van der Waals surface area contributed by atoms with Crippen LogP contribution in [0.4, 0.5) is 4.79 Å². The van der Waals surface area contributed by atoms with Crippen LogP contribution in [0.25, 0.3) is 10.9 Å². The van der Waals surface area contributed by atoms with Crippen LogP contribution in [-0.2, 0) is 6.54 Å². The molecule has 0 unspecified atom stereocenters. The van der Waals surface area contributed by atoms with Crippen LogP contribution in [0.2, 0.25) is 0 Å². The number of rotatable bonds is 4. The lowest BCUT2D eigenvalue weighted by atomic mass is 10.1. The van der Waals surface area contributed by atoms with Gasteiger partial charge in [-0.25, -0.2) is 9.78 Å². The summed E-state index contributed by atoms with van der Waals surface area (Å²) in [5.74, 6) is 5.80. The first-order valence-corrected chi connectivity index (χ1v) is 7.64. The Morgan fingerprint density at radius 2 is 2.08 bits per heavy atom. The normalized spacial score (nSPS) is 10.0. The summed E-state index contributed by atoms with van der Waals surface area (Å²) in [5.41, 5.74) is 1.27. The van der Waals surface area contributed by atoms with Crippen molar-refractivity contribution in [3.8, 4) is 11.8 Å². The van der Waals surface area contributed by atoms with Crippen molar-refractivity contribution in [2.24, 2.45) is 0 Å². The van der Waals surface area contributed by atoms with Crippen molar-refractivity contribution in [3.63, 3.8) is 0 Å². The third-order valence-corrected chi connectivity index (χ3v) is 3.39. The third kappa shape index (κ3) is 4.15. The summed E-state index contributed by atoms with van der Waals surface area (Å²) >= 11 is 0. The number of carbonyl (C=O) groups excluding carboxylic acids is 1. The molecule has 0 saturated heterocycles. The van der Waals surface area contributed by atoms with Gasteiger partial charge in [0.15, 0.2) is 0 Å². The summed E-state index contributed by atoms with van der Waals surface area (Å²) in [7, 11) is 0. The van der Waals surface area contributed by atoms with E-state index in [2.05, 4.69) is 32.4 Å². The second-order valence-corrected chi connectivity index (χ2v) is 5.18. The van der Waals surface area contributed by atoms with E-state index in [-0.39, 0.29) is 24.7 Å². The molecular weight excluding hydrogens is 336 g/mol. The quantitative estimate of drug-likeness (QED) is 0.617. The Hall–Kier alpha value is -3.86. The fourth-order valence-electron chi connectivity index (χ4n) is 2.19. The second kappa shape index (κ2) is 7.81. The van der Waals surface area contributed by atoms with Gasteiger partial charge in [0.25, 0.3) is 5.91 Å². The van der Waals surface area contributed by atoms with Crippen LogP contribution in [0, 0.1) is 11.8 Å². The minimum atomic E-state index is -1.15. The van der Waals surface area contributed by atoms with Gasteiger partial charge in [-0.1, -0.05) is 11.8 Å². The molecule has 8 nitrogen and oxygen atoms in total. The van der Waals surface area contributed by atoms with Gasteiger partial charge in [0.2, 0.25) is 0 Å². The van der Waals surface area contributed by atoms with Crippen LogP contribution in [-0.4, -0.2) is 33.6 Å². The zero-order chi connectivity index (χ0) is 18.4. The van der Waals surface area contributed by atoms with E-state index in [1.165, 1.54) is 12.5 Å². The molecule has 0 spiro atoms. The molecule has 3 N–H and O–H groups in total. The molecule has 26 heavy (non-hydrogen) atoms. The van der Waals surface area contributed by atoms with Gasteiger partial charge < -0.3 is 20.2 Å². The van der Waals surface area contributed by atoms with Crippen LogP contribution in [0.15, 0.2) is 47.3 Å². The lowest BCUT2D eigenvalue weighted by Gasteiger charge is -2.05. The minimum absolute atomic E-state index is 0.0188. The molecule has 2 amide bonds. The molecule has 0 aliphatic carbocycles. The number of carboxylic acid groups (broad SMARTS) is 1. The Balaban J connectivity index is 1.80. The number of pyridine rings is 2. The molecule has 0 aliphatic heterocycles. The molecule has 3 aromatic heterocycles. The van der Waals surface area contributed by atoms with Crippen molar-refractivity contribution in [3.05, 3.63) is 59.9 Å². The van der Waals surface area contributed by atoms with Crippen molar-refractivity contribution in [1.82, 2.24) is 20.6 Å². The minimum Gasteiger partial charge on any atom is -0.467 e. The highest BCUT2D eigenvalue weighted by Crippen LogP contribution is 2.15. The highest BCUT2D eigenvalue weighted by Gasteiger charge is 2.10. The summed E-state index contributed by atoms with van der Waals surface area (Å²) < 4.78 is 5.17. The molecule has 0 bridgehead atoms. The van der Waals surface area contributed by atoms with E-state index in [1.54, 1.807) is 30.5 Å². The van der Waals surface area contributed by atoms with Gasteiger partial charge >= 0.3 is 6.09 Å². The number of furan rings is 1. The largest absolute Gasteiger partial charge is 0.467 e. The van der Waals surface area contributed by atoms with Crippen LogP contribution in [0.3, 0.4) is 0 Å². The monoisotopic (exact) mass is 350 g/mol. The van der Waals surface area contributed by atoms with Crippen molar-refractivity contribution >= 4 is 22.9 Å². The molecule has 3 rings (SSSR count). The van der Waals surface area contributed by atoms with Gasteiger partial charge in [0.1, 0.15) is 11.5 Å². The van der Waals surface area contributed by atoms with Gasteiger partial charge in [0.05, 0.1) is 30.4 Å². The predicted octanol–water partition coefficient (Wildman–Crippen LogP) is 1.77. The summed E-state index contributed by atoms with van der Waals surface area (Å²) in [6, 6.07) is 6.84. The molecule has 3 aromatic rings. The van der Waals surface area contributed by atoms with E-state index in [0.717, 1.165) is 5.39 Å².